The summed E-state index contributed by atoms with van der Waals surface area (Å²) >= 11 is 6.08. The number of likely N-dealkylation sites (tertiary alicyclic amines) is 1. The highest BCUT2D eigenvalue weighted by molar-refractivity contribution is 6.31. The zero-order valence-electron chi connectivity index (χ0n) is 19.3. The van der Waals surface area contributed by atoms with Crippen molar-refractivity contribution in [2.75, 3.05) is 18.4 Å². The molecule has 174 valence electrons. The normalized spacial score (nSPS) is 18.3. The molecule has 0 saturated carbocycles. The number of aromatic nitrogens is 2. The second kappa shape index (κ2) is 9.47. The summed E-state index contributed by atoms with van der Waals surface area (Å²) in [6.07, 6.45) is 3.81. The van der Waals surface area contributed by atoms with E-state index in [1.54, 1.807) is 18.3 Å². The van der Waals surface area contributed by atoms with Crippen LogP contribution in [0.25, 0.3) is 22.4 Å². The molecule has 5 rings (SSSR count). The minimum absolute atomic E-state index is 0.0111. The second-order valence-electron chi connectivity index (χ2n) is 8.96. The number of benzene rings is 2. The van der Waals surface area contributed by atoms with Crippen molar-refractivity contribution in [2.24, 2.45) is 5.92 Å². The number of nitrogens with zero attached hydrogens (tertiary/aromatic N) is 3. The first-order valence-electron chi connectivity index (χ1n) is 11.6. The predicted octanol–water partition coefficient (Wildman–Crippen LogP) is 6.20. The number of carbonyl (C=O) groups is 1. The molecular formula is C27H27ClN4O2. The Balaban J connectivity index is 1.41. The van der Waals surface area contributed by atoms with Crippen LogP contribution in [-0.4, -0.2) is 39.9 Å². The van der Waals surface area contributed by atoms with Crippen LogP contribution in [-0.2, 0) is 0 Å². The van der Waals surface area contributed by atoms with E-state index in [-0.39, 0.29) is 11.9 Å². The molecule has 2 aromatic heterocycles. The number of piperidine rings is 1. The molecule has 1 aliphatic rings. The van der Waals surface area contributed by atoms with E-state index in [0.717, 1.165) is 29.7 Å². The lowest BCUT2D eigenvalue weighted by Crippen LogP contribution is -2.51. The lowest BCUT2D eigenvalue weighted by Gasteiger charge is -2.40. The van der Waals surface area contributed by atoms with Crippen molar-refractivity contribution in [1.82, 2.24) is 14.9 Å². The van der Waals surface area contributed by atoms with Gasteiger partial charge in [0, 0.05) is 35.4 Å². The minimum atomic E-state index is 0.0111. The third-order valence-electron chi connectivity index (χ3n) is 6.53. The number of fused-ring (bicyclic) bond motifs is 1. The van der Waals surface area contributed by atoms with Gasteiger partial charge in [0.25, 0.3) is 11.9 Å². The second-order valence-corrected chi connectivity index (χ2v) is 9.40. The monoisotopic (exact) mass is 474 g/mol. The fraction of sp³-hybridized carbons (Fsp3) is 0.296. The van der Waals surface area contributed by atoms with Crippen LogP contribution in [0.3, 0.4) is 0 Å². The van der Waals surface area contributed by atoms with Gasteiger partial charge in [-0.05, 0) is 62.1 Å². The van der Waals surface area contributed by atoms with E-state index < -0.39 is 0 Å². The topological polar surface area (TPSA) is 71.3 Å². The summed E-state index contributed by atoms with van der Waals surface area (Å²) in [6, 6.07) is 17.6. The Bertz CT molecular complexity index is 1320. The van der Waals surface area contributed by atoms with Crippen molar-refractivity contribution in [3.63, 3.8) is 0 Å². The third-order valence-corrected chi connectivity index (χ3v) is 6.77. The van der Waals surface area contributed by atoms with Gasteiger partial charge in [0.05, 0.1) is 11.7 Å². The lowest BCUT2D eigenvalue weighted by atomic mass is 9.89. The average Bonchev–Trinajstić information content (AvgIpc) is 3.25. The first kappa shape index (κ1) is 22.4. The molecule has 1 saturated heterocycles. The molecule has 0 spiro atoms. The van der Waals surface area contributed by atoms with Crippen molar-refractivity contribution in [2.45, 2.75) is 32.7 Å². The SMILES string of the molecule is Cc1ccc(-c2ccccn2)c(C(=O)N2CCC[C@@H](C)C2CNc2nc3cc(Cl)ccc3o2)c1. The maximum atomic E-state index is 13.9. The Morgan fingerprint density at radius 1 is 1.21 bits per heavy atom. The minimum Gasteiger partial charge on any atom is -0.424 e. The Hall–Kier alpha value is -3.38. The van der Waals surface area contributed by atoms with Gasteiger partial charge in [0.2, 0.25) is 0 Å². The fourth-order valence-electron chi connectivity index (χ4n) is 4.72. The Kier molecular flexibility index (Phi) is 6.24. The molecule has 0 radical (unpaired) electrons. The Labute approximate surface area is 204 Å². The van der Waals surface area contributed by atoms with Gasteiger partial charge in [-0.2, -0.15) is 4.98 Å². The van der Waals surface area contributed by atoms with Crippen molar-refractivity contribution < 1.29 is 9.21 Å². The van der Waals surface area contributed by atoms with Gasteiger partial charge in [-0.3, -0.25) is 9.78 Å². The number of nitrogens with one attached hydrogen (secondary N) is 1. The molecule has 1 amide bonds. The zero-order valence-corrected chi connectivity index (χ0v) is 20.0. The Morgan fingerprint density at radius 2 is 2.09 bits per heavy atom. The van der Waals surface area contributed by atoms with Crippen LogP contribution in [0, 0.1) is 12.8 Å². The summed E-state index contributed by atoms with van der Waals surface area (Å²) in [5, 5.41) is 3.94. The molecule has 2 aromatic carbocycles. The van der Waals surface area contributed by atoms with Crippen LogP contribution >= 0.6 is 11.6 Å². The van der Waals surface area contributed by atoms with Crippen LogP contribution in [0.2, 0.25) is 5.02 Å². The van der Waals surface area contributed by atoms with Gasteiger partial charge in [-0.25, -0.2) is 0 Å². The molecular weight excluding hydrogens is 448 g/mol. The van der Waals surface area contributed by atoms with Crippen molar-refractivity contribution >= 4 is 34.6 Å². The third kappa shape index (κ3) is 4.50. The van der Waals surface area contributed by atoms with Crippen molar-refractivity contribution in [3.8, 4) is 11.3 Å². The molecule has 1 unspecified atom stereocenters. The van der Waals surface area contributed by atoms with E-state index in [2.05, 4.69) is 22.2 Å². The summed E-state index contributed by atoms with van der Waals surface area (Å²) in [5.41, 5.74) is 4.78. The molecule has 4 aromatic rings. The number of rotatable bonds is 5. The molecule has 2 atom stereocenters. The molecule has 1 aliphatic heterocycles. The maximum absolute atomic E-state index is 13.9. The van der Waals surface area contributed by atoms with Crippen molar-refractivity contribution in [3.05, 3.63) is 76.9 Å². The van der Waals surface area contributed by atoms with Crippen LogP contribution in [0.1, 0.15) is 35.7 Å². The smallest absolute Gasteiger partial charge is 0.295 e. The van der Waals surface area contributed by atoms with Gasteiger partial charge >= 0.3 is 0 Å². The van der Waals surface area contributed by atoms with E-state index in [9.17, 15) is 4.79 Å². The fourth-order valence-corrected chi connectivity index (χ4v) is 4.88. The number of halogens is 1. The van der Waals surface area contributed by atoms with E-state index in [0.29, 0.717) is 46.7 Å². The molecule has 0 aliphatic carbocycles. The lowest BCUT2D eigenvalue weighted by molar-refractivity contribution is 0.0540. The van der Waals surface area contributed by atoms with Gasteiger partial charge < -0.3 is 14.6 Å². The molecule has 6 nitrogen and oxygen atoms in total. The summed E-state index contributed by atoms with van der Waals surface area (Å²) in [7, 11) is 0. The van der Waals surface area contributed by atoms with Crippen LogP contribution in [0.15, 0.2) is 65.2 Å². The van der Waals surface area contributed by atoms with Crippen LogP contribution < -0.4 is 5.32 Å². The number of carbonyl (C=O) groups excluding carboxylic acids is 1. The molecule has 7 heteroatoms. The number of hydrogen-bond donors (Lipinski definition) is 1. The summed E-state index contributed by atoms with van der Waals surface area (Å²) in [6.45, 7) is 5.48. The van der Waals surface area contributed by atoms with E-state index >= 15 is 0 Å². The average molecular weight is 475 g/mol. The molecule has 3 heterocycles. The molecule has 1 fully saturated rings. The van der Waals surface area contributed by atoms with E-state index in [1.807, 2.05) is 54.3 Å². The van der Waals surface area contributed by atoms with Gasteiger partial charge in [0.15, 0.2) is 5.58 Å². The van der Waals surface area contributed by atoms with Crippen LogP contribution in [0.4, 0.5) is 6.01 Å². The number of aryl methyl sites for hydroxylation is 1. The van der Waals surface area contributed by atoms with Gasteiger partial charge in [-0.15, -0.1) is 0 Å². The number of oxazole rings is 1. The summed E-state index contributed by atoms with van der Waals surface area (Å²) in [5.74, 6) is 0.374. The molecule has 34 heavy (non-hydrogen) atoms. The van der Waals surface area contributed by atoms with Gasteiger partial charge in [-0.1, -0.05) is 42.3 Å². The highest BCUT2D eigenvalue weighted by atomic mass is 35.5. The number of anilines is 1. The Morgan fingerprint density at radius 3 is 2.91 bits per heavy atom. The highest BCUT2D eigenvalue weighted by Crippen LogP contribution is 2.30. The van der Waals surface area contributed by atoms with E-state index in [1.165, 1.54) is 0 Å². The first-order valence-corrected chi connectivity index (χ1v) is 12.0. The van der Waals surface area contributed by atoms with Crippen molar-refractivity contribution in [1.29, 1.82) is 0 Å². The largest absolute Gasteiger partial charge is 0.424 e. The summed E-state index contributed by atoms with van der Waals surface area (Å²) < 4.78 is 5.83. The maximum Gasteiger partial charge on any atom is 0.295 e. The quantitative estimate of drug-likeness (QED) is 0.372. The standard InChI is InChI=1S/C27H27ClN4O2/c1-17-8-10-20(22-7-3-4-12-29-22)21(14-17)26(33)32-13-5-6-18(2)24(32)16-30-27-31-23-15-19(28)9-11-25(23)34-27/h3-4,7-12,14-15,18,24H,5-6,13,16H2,1-2H3,(H,30,31)/t18-,24?/m1/s1. The molecule has 0 bridgehead atoms. The number of hydrogen-bond acceptors (Lipinski definition) is 5. The van der Waals surface area contributed by atoms with Gasteiger partial charge in [0.1, 0.15) is 5.52 Å². The predicted molar refractivity (Wildman–Crippen MR) is 135 cm³/mol. The summed E-state index contributed by atoms with van der Waals surface area (Å²) in [4.78, 5) is 24.9. The highest BCUT2D eigenvalue weighted by Gasteiger charge is 2.33. The number of amides is 1. The zero-order chi connectivity index (χ0) is 23.7. The first-order chi connectivity index (χ1) is 16.5. The van der Waals surface area contributed by atoms with E-state index in [4.69, 9.17) is 16.0 Å². The molecule has 1 N–H and O–H groups in total. The number of pyridine rings is 1. The van der Waals surface area contributed by atoms with Crippen LogP contribution in [0.5, 0.6) is 0 Å².